The van der Waals surface area contributed by atoms with Crippen molar-refractivity contribution in [2.45, 2.75) is 25.1 Å². The van der Waals surface area contributed by atoms with E-state index in [1.165, 1.54) is 24.3 Å². The highest BCUT2D eigenvalue weighted by molar-refractivity contribution is 5.85. The number of carbonyl (C=O) groups is 2. The van der Waals surface area contributed by atoms with Gasteiger partial charge in [-0.15, -0.1) is 0 Å². The number of aliphatic carboxylic acids is 1. The van der Waals surface area contributed by atoms with E-state index in [9.17, 15) is 38.0 Å². The first-order chi connectivity index (χ1) is 13.1. The van der Waals surface area contributed by atoms with E-state index in [0.717, 1.165) is 24.3 Å². The van der Waals surface area contributed by atoms with Crippen LogP contribution >= 0.6 is 0 Å². The van der Waals surface area contributed by atoms with E-state index in [2.05, 4.69) is 5.32 Å². The average molecular weight is 396 g/mol. The summed E-state index contributed by atoms with van der Waals surface area (Å²) in [5.74, 6) is -2.04. The largest absolute Gasteiger partial charge is 0.480 e. The molecule has 2 aromatic rings. The maximum atomic E-state index is 12.6. The third-order valence-electron chi connectivity index (χ3n) is 3.84. The molecule has 2 aromatic carbocycles. The molecule has 0 aliphatic carbocycles. The lowest BCUT2D eigenvalue weighted by Gasteiger charge is -2.15. The summed E-state index contributed by atoms with van der Waals surface area (Å²) >= 11 is 0. The first-order valence-electron chi connectivity index (χ1n) is 7.98. The van der Waals surface area contributed by atoms with Crippen LogP contribution in [0.4, 0.5) is 18.9 Å². The van der Waals surface area contributed by atoms with E-state index in [1.807, 2.05) is 0 Å². The van der Waals surface area contributed by atoms with Crippen molar-refractivity contribution in [2.75, 3.05) is 0 Å². The minimum atomic E-state index is -4.50. The maximum absolute atomic E-state index is 12.6. The van der Waals surface area contributed by atoms with Crippen LogP contribution in [0.2, 0.25) is 0 Å². The topological polar surface area (TPSA) is 110 Å². The number of carboxylic acid groups (broad SMARTS) is 1. The smallest absolute Gasteiger partial charge is 0.416 e. The van der Waals surface area contributed by atoms with Gasteiger partial charge in [0.25, 0.3) is 5.69 Å². The quantitative estimate of drug-likeness (QED) is 0.552. The van der Waals surface area contributed by atoms with Gasteiger partial charge in [-0.3, -0.25) is 14.9 Å². The molecule has 0 unspecified atom stereocenters. The summed E-state index contributed by atoms with van der Waals surface area (Å²) in [6.07, 6.45) is -5.00. The van der Waals surface area contributed by atoms with Crippen LogP contribution < -0.4 is 5.32 Å². The monoisotopic (exact) mass is 396 g/mol. The number of hydrogen-bond acceptors (Lipinski definition) is 4. The molecule has 1 atom stereocenters. The molecule has 10 heteroatoms. The number of non-ortho nitro benzene ring substituents is 1. The third kappa shape index (κ3) is 5.79. The minimum absolute atomic E-state index is 0.204. The molecule has 2 rings (SSSR count). The van der Waals surface area contributed by atoms with Crippen LogP contribution in [-0.2, 0) is 28.6 Å². The van der Waals surface area contributed by atoms with E-state index in [0.29, 0.717) is 11.1 Å². The van der Waals surface area contributed by atoms with Crippen molar-refractivity contribution in [1.82, 2.24) is 5.32 Å². The maximum Gasteiger partial charge on any atom is 0.416 e. The molecular formula is C18H15F3N2O5. The van der Waals surface area contributed by atoms with E-state index in [-0.39, 0.29) is 18.5 Å². The molecule has 0 saturated carbocycles. The van der Waals surface area contributed by atoms with Crippen LogP contribution in [0.5, 0.6) is 0 Å². The molecule has 0 saturated heterocycles. The molecule has 0 heterocycles. The highest BCUT2D eigenvalue weighted by atomic mass is 19.4. The molecule has 0 aliphatic rings. The van der Waals surface area contributed by atoms with Crippen molar-refractivity contribution in [1.29, 1.82) is 0 Å². The molecule has 1 amide bonds. The van der Waals surface area contributed by atoms with Crippen molar-refractivity contribution in [3.63, 3.8) is 0 Å². The van der Waals surface area contributed by atoms with E-state index >= 15 is 0 Å². The van der Waals surface area contributed by atoms with Gasteiger partial charge in [0.1, 0.15) is 6.04 Å². The zero-order valence-corrected chi connectivity index (χ0v) is 14.3. The zero-order valence-electron chi connectivity index (χ0n) is 14.3. The second-order valence-electron chi connectivity index (χ2n) is 5.96. The lowest BCUT2D eigenvalue weighted by atomic mass is 10.0. The number of nitro benzene ring substituents is 1. The fraction of sp³-hybridized carbons (Fsp3) is 0.222. The van der Waals surface area contributed by atoms with Crippen molar-refractivity contribution in [3.8, 4) is 0 Å². The second-order valence-corrected chi connectivity index (χ2v) is 5.96. The number of nitrogens with one attached hydrogen (secondary N) is 1. The Bertz CT molecular complexity index is 882. The van der Waals surface area contributed by atoms with Gasteiger partial charge in [0.15, 0.2) is 0 Å². The van der Waals surface area contributed by atoms with Crippen molar-refractivity contribution < 1.29 is 32.8 Å². The number of alkyl halides is 3. The SMILES string of the molecule is O=C(Cc1cccc([N+](=O)[O-])c1)N[C@H](Cc1ccc(C(F)(F)F)cc1)C(=O)O. The fourth-order valence-electron chi connectivity index (χ4n) is 2.48. The lowest BCUT2D eigenvalue weighted by molar-refractivity contribution is -0.384. The number of benzene rings is 2. The molecule has 0 fully saturated rings. The van der Waals surface area contributed by atoms with Gasteiger partial charge in [-0.2, -0.15) is 13.2 Å². The van der Waals surface area contributed by atoms with Gasteiger partial charge in [0, 0.05) is 18.6 Å². The van der Waals surface area contributed by atoms with Gasteiger partial charge in [-0.25, -0.2) is 4.79 Å². The van der Waals surface area contributed by atoms with Crippen LogP contribution in [0, 0.1) is 10.1 Å². The van der Waals surface area contributed by atoms with Crippen LogP contribution in [-0.4, -0.2) is 27.9 Å². The molecular weight excluding hydrogens is 381 g/mol. The number of carbonyl (C=O) groups excluding carboxylic acids is 1. The zero-order chi connectivity index (χ0) is 20.9. The molecule has 7 nitrogen and oxygen atoms in total. The summed E-state index contributed by atoms with van der Waals surface area (Å²) in [6.45, 7) is 0. The number of carboxylic acids is 1. The summed E-state index contributed by atoms with van der Waals surface area (Å²) in [5, 5.41) is 22.3. The van der Waals surface area contributed by atoms with Gasteiger partial charge in [-0.1, -0.05) is 24.3 Å². The Hall–Kier alpha value is -3.43. The predicted molar refractivity (Wildman–Crippen MR) is 91.5 cm³/mol. The van der Waals surface area contributed by atoms with E-state index in [4.69, 9.17) is 0 Å². The summed E-state index contributed by atoms with van der Waals surface area (Å²) in [6, 6.07) is 7.94. The Kier molecular flexibility index (Phi) is 6.34. The number of amides is 1. The number of hydrogen-bond donors (Lipinski definition) is 2. The Morgan fingerprint density at radius 1 is 1.11 bits per heavy atom. The predicted octanol–water partition coefficient (Wildman–Crippen LogP) is 2.97. The molecule has 148 valence electrons. The van der Waals surface area contributed by atoms with Crippen molar-refractivity contribution in [2.24, 2.45) is 0 Å². The van der Waals surface area contributed by atoms with Crippen molar-refractivity contribution >= 4 is 17.6 Å². The Morgan fingerprint density at radius 3 is 2.29 bits per heavy atom. The van der Waals surface area contributed by atoms with Gasteiger partial charge in [0.2, 0.25) is 5.91 Å². The lowest BCUT2D eigenvalue weighted by Crippen LogP contribution is -2.43. The summed E-state index contributed by atoms with van der Waals surface area (Å²) < 4.78 is 37.7. The Balaban J connectivity index is 2.04. The van der Waals surface area contributed by atoms with Crippen LogP contribution in [0.1, 0.15) is 16.7 Å². The summed E-state index contributed by atoms with van der Waals surface area (Å²) in [5.41, 5.74) is -0.441. The Labute approximate surface area is 156 Å². The first kappa shape index (κ1) is 20.9. The van der Waals surface area contributed by atoms with Crippen LogP contribution in [0.25, 0.3) is 0 Å². The molecule has 0 aliphatic heterocycles. The standard InChI is InChI=1S/C18H15F3N2O5/c19-18(20,21)13-6-4-11(5-7-13)9-15(17(25)26)22-16(24)10-12-2-1-3-14(8-12)23(27)28/h1-8,15H,9-10H2,(H,22,24)(H,25,26)/t15-/m1/s1. The number of halogens is 3. The third-order valence-corrected chi connectivity index (χ3v) is 3.84. The molecule has 28 heavy (non-hydrogen) atoms. The number of rotatable bonds is 7. The molecule has 0 bridgehead atoms. The summed E-state index contributed by atoms with van der Waals surface area (Å²) in [4.78, 5) is 33.6. The van der Waals surface area contributed by atoms with Gasteiger partial charge in [-0.05, 0) is 23.3 Å². The highest BCUT2D eigenvalue weighted by Gasteiger charge is 2.30. The minimum Gasteiger partial charge on any atom is -0.480 e. The number of nitro groups is 1. The molecule has 0 aromatic heterocycles. The summed E-state index contributed by atoms with van der Waals surface area (Å²) in [7, 11) is 0. The molecule has 0 spiro atoms. The second kappa shape index (κ2) is 8.51. The molecule has 2 N–H and O–H groups in total. The first-order valence-corrected chi connectivity index (χ1v) is 7.98. The van der Waals surface area contributed by atoms with Crippen LogP contribution in [0.3, 0.4) is 0 Å². The van der Waals surface area contributed by atoms with Gasteiger partial charge in [0.05, 0.1) is 16.9 Å². The van der Waals surface area contributed by atoms with Gasteiger partial charge < -0.3 is 10.4 Å². The number of nitrogens with zero attached hydrogens (tertiary/aromatic N) is 1. The normalized spacial score (nSPS) is 12.2. The van der Waals surface area contributed by atoms with Crippen molar-refractivity contribution in [3.05, 3.63) is 75.3 Å². The average Bonchev–Trinajstić information content (AvgIpc) is 2.61. The fourth-order valence-corrected chi connectivity index (χ4v) is 2.48. The Morgan fingerprint density at radius 2 is 1.75 bits per heavy atom. The van der Waals surface area contributed by atoms with Crippen LogP contribution in [0.15, 0.2) is 48.5 Å². The van der Waals surface area contributed by atoms with E-state index in [1.54, 1.807) is 0 Å². The van der Waals surface area contributed by atoms with Gasteiger partial charge >= 0.3 is 12.1 Å². The van der Waals surface area contributed by atoms with E-state index < -0.39 is 34.6 Å². The highest BCUT2D eigenvalue weighted by Crippen LogP contribution is 2.29. The molecule has 0 radical (unpaired) electrons.